The van der Waals surface area contributed by atoms with Crippen LogP contribution in [0.2, 0.25) is 0 Å². The van der Waals surface area contributed by atoms with E-state index < -0.39 is 10.7 Å². The monoisotopic (exact) mass is 282 g/mol. The normalized spacial score (nSPS) is 12.3. The highest BCUT2D eigenvalue weighted by Crippen LogP contribution is 2.19. The molecule has 1 aromatic rings. The predicted octanol–water partition coefficient (Wildman–Crippen LogP) is 4.18. The van der Waals surface area contributed by atoms with E-state index in [4.69, 9.17) is 0 Å². The van der Waals surface area contributed by atoms with Crippen LogP contribution >= 0.6 is 0 Å². The fraction of sp³-hybridized carbons (Fsp3) is 0.600. The third kappa shape index (κ3) is 5.65. The molecule has 0 bridgehead atoms. The molecule has 0 spiro atoms. The van der Waals surface area contributed by atoms with Gasteiger partial charge in [0.05, 0.1) is 4.92 Å². The number of nitro benzene ring substituents is 1. The number of hydrogen-bond acceptors (Lipinski definition) is 3. The van der Waals surface area contributed by atoms with Gasteiger partial charge in [0.15, 0.2) is 0 Å². The lowest BCUT2D eigenvalue weighted by Crippen LogP contribution is -2.25. The summed E-state index contributed by atoms with van der Waals surface area (Å²) in [5.74, 6) is -0.442. The summed E-state index contributed by atoms with van der Waals surface area (Å²) in [6.07, 6.45) is 5.83. The maximum Gasteiger partial charge on any atom is 0.274 e. The summed E-state index contributed by atoms with van der Waals surface area (Å²) in [5, 5.41) is 14.1. The highest BCUT2D eigenvalue weighted by Gasteiger charge is 2.14. The number of hydrogen-bond donors (Lipinski definition) is 1. The minimum absolute atomic E-state index is 0.0305. The molecule has 1 unspecified atom stereocenters. The quantitative estimate of drug-likeness (QED) is 0.420. The van der Waals surface area contributed by atoms with E-state index in [1.165, 1.54) is 31.4 Å². The van der Waals surface area contributed by atoms with Gasteiger partial charge < -0.3 is 5.32 Å². The first-order valence-electron chi connectivity index (χ1n) is 7.20. The first-order valence-corrected chi connectivity index (χ1v) is 7.20. The van der Waals surface area contributed by atoms with Crippen molar-refractivity contribution in [2.24, 2.45) is 0 Å². The molecule has 0 heterocycles. The maximum absolute atomic E-state index is 13.2. The Morgan fingerprint density at radius 1 is 1.35 bits per heavy atom. The second kappa shape index (κ2) is 8.64. The van der Waals surface area contributed by atoms with Crippen LogP contribution < -0.4 is 5.32 Å². The van der Waals surface area contributed by atoms with Crippen molar-refractivity contribution in [1.82, 2.24) is 5.32 Å². The molecule has 0 amide bonds. The summed E-state index contributed by atoms with van der Waals surface area (Å²) in [5.41, 5.74) is 0.368. The smallest absolute Gasteiger partial charge is 0.274 e. The molecule has 1 aromatic carbocycles. The zero-order valence-electron chi connectivity index (χ0n) is 12.2. The van der Waals surface area contributed by atoms with Gasteiger partial charge in [-0.3, -0.25) is 10.1 Å². The lowest BCUT2D eigenvalue weighted by molar-refractivity contribution is -0.385. The van der Waals surface area contributed by atoms with E-state index in [0.29, 0.717) is 12.1 Å². The van der Waals surface area contributed by atoms with E-state index in [1.54, 1.807) is 0 Å². The molecule has 0 fully saturated rings. The van der Waals surface area contributed by atoms with Gasteiger partial charge in [0.1, 0.15) is 5.82 Å². The van der Waals surface area contributed by atoms with Crippen molar-refractivity contribution < 1.29 is 9.31 Å². The Balaban J connectivity index is 2.48. The first kappa shape index (κ1) is 16.6. The number of halogens is 1. The van der Waals surface area contributed by atoms with Crippen LogP contribution in [0.25, 0.3) is 0 Å². The molecule has 4 nitrogen and oxygen atoms in total. The molecule has 0 aliphatic carbocycles. The number of nitrogens with zero attached hydrogens (tertiary/aromatic N) is 1. The van der Waals surface area contributed by atoms with Gasteiger partial charge in [-0.05, 0) is 25.5 Å². The lowest BCUT2D eigenvalue weighted by atomic mass is 10.1. The zero-order valence-corrected chi connectivity index (χ0v) is 12.2. The van der Waals surface area contributed by atoms with Crippen LogP contribution in [0.1, 0.15) is 51.5 Å². The van der Waals surface area contributed by atoms with Crippen molar-refractivity contribution in [3.8, 4) is 0 Å². The molecule has 0 aliphatic rings. The van der Waals surface area contributed by atoms with Crippen molar-refractivity contribution in [2.45, 2.75) is 58.5 Å². The molecular weight excluding hydrogens is 259 g/mol. The van der Waals surface area contributed by atoms with Crippen LogP contribution in [-0.4, -0.2) is 11.0 Å². The van der Waals surface area contributed by atoms with Gasteiger partial charge in [0.25, 0.3) is 5.69 Å². The van der Waals surface area contributed by atoms with Gasteiger partial charge in [-0.2, -0.15) is 0 Å². The van der Waals surface area contributed by atoms with Crippen LogP contribution in [0.5, 0.6) is 0 Å². The SMILES string of the molecule is CCCCCCC(C)NCc1cc(F)ccc1[N+](=O)[O-]. The van der Waals surface area contributed by atoms with Crippen LogP contribution in [0.3, 0.4) is 0 Å². The Morgan fingerprint density at radius 2 is 2.10 bits per heavy atom. The molecule has 1 N–H and O–H groups in total. The molecular formula is C15H23FN2O2. The van der Waals surface area contributed by atoms with Gasteiger partial charge in [-0.1, -0.05) is 32.6 Å². The second-order valence-corrected chi connectivity index (χ2v) is 5.16. The first-order chi connectivity index (χ1) is 9.54. The maximum atomic E-state index is 13.2. The van der Waals surface area contributed by atoms with Gasteiger partial charge in [0.2, 0.25) is 0 Å². The fourth-order valence-electron chi connectivity index (χ4n) is 2.14. The van der Waals surface area contributed by atoms with E-state index in [1.807, 2.05) is 0 Å². The van der Waals surface area contributed by atoms with Gasteiger partial charge in [-0.15, -0.1) is 0 Å². The third-order valence-corrected chi connectivity index (χ3v) is 3.37. The number of benzene rings is 1. The van der Waals surface area contributed by atoms with E-state index in [2.05, 4.69) is 19.2 Å². The van der Waals surface area contributed by atoms with E-state index >= 15 is 0 Å². The Kier molecular flexibility index (Phi) is 7.15. The van der Waals surface area contributed by atoms with Crippen molar-refractivity contribution >= 4 is 5.69 Å². The summed E-state index contributed by atoms with van der Waals surface area (Å²) in [6.45, 7) is 4.55. The highest BCUT2D eigenvalue weighted by molar-refractivity contribution is 5.40. The van der Waals surface area contributed by atoms with Crippen LogP contribution in [0.4, 0.5) is 10.1 Å². The molecule has 0 aliphatic heterocycles. The average molecular weight is 282 g/mol. The van der Waals surface area contributed by atoms with Crippen LogP contribution in [0, 0.1) is 15.9 Å². The van der Waals surface area contributed by atoms with E-state index in [-0.39, 0.29) is 11.7 Å². The minimum atomic E-state index is -0.470. The topological polar surface area (TPSA) is 55.2 Å². The molecule has 5 heteroatoms. The Morgan fingerprint density at radius 3 is 2.75 bits per heavy atom. The highest BCUT2D eigenvalue weighted by atomic mass is 19.1. The fourth-order valence-corrected chi connectivity index (χ4v) is 2.14. The van der Waals surface area contributed by atoms with Crippen LogP contribution in [-0.2, 0) is 6.54 Å². The standard InChI is InChI=1S/C15H23FN2O2/c1-3-4-5-6-7-12(2)17-11-13-10-14(16)8-9-15(13)18(19)20/h8-10,12,17H,3-7,11H2,1-2H3. The molecule has 20 heavy (non-hydrogen) atoms. The summed E-state index contributed by atoms with van der Waals surface area (Å²) >= 11 is 0. The van der Waals surface area contributed by atoms with Crippen molar-refractivity contribution in [2.75, 3.05) is 0 Å². The molecule has 112 valence electrons. The summed E-state index contributed by atoms with van der Waals surface area (Å²) < 4.78 is 13.2. The molecule has 0 aromatic heterocycles. The van der Waals surface area contributed by atoms with E-state index in [0.717, 1.165) is 18.9 Å². The van der Waals surface area contributed by atoms with E-state index in [9.17, 15) is 14.5 Å². The van der Waals surface area contributed by atoms with Gasteiger partial charge in [-0.25, -0.2) is 4.39 Å². The lowest BCUT2D eigenvalue weighted by Gasteiger charge is -2.13. The predicted molar refractivity (Wildman–Crippen MR) is 78.1 cm³/mol. The number of unbranched alkanes of at least 4 members (excludes halogenated alkanes) is 3. The summed E-state index contributed by atoms with van der Waals surface area (Å²) in [6, 6.07) is 3.85. The molecule has 1 atom stereocenters. The number of rotatable bonds is 9. The minimum Gasteiger partial charge on any atom is -0.310 e. The summed E-state index contributed by atoms with van der Waals surface area (Å²) in [4.78, 5) is 10.4. The van der Waals surface area contributed by atoms with Gasteiger partial charge in [0, 0.05) is 24.2 Å². The summed E-state index contributed by atoms with van der Waals surface area (Å²) in [7, 11) is 0. The average Bonchev–Trinajstić information content (AvgIpc) is 2.41. The molecule has 0 saturated carbocycles. The molecule has 0 radical (unpaired) electrons. The zero-order chi connectivity index (χ0) is 15.0. The Labute approximate surface area is 119 Å². The number of nitro groups is 1. The van der Waals surface area contributed by atoms with Gasteiger partial charge >= 0.3 is 0 Å². The number of nitrogens with one attached hydrogen (secondary N) is 1. The van der Waals surface area contributed by atoms with Crippen LogP contribution in [0.15, 0.2) is 18.2 Å². The Bertz CT molecular complexity index is 438. The van der Waals surface area contributed by atoms with Crippen molar-refractivity contribution in [1.29, 1.82) is 0 Å². The largest absolute Gasteiger partial charge is 0.310 e. The van der Waals surface area contributed by atoms with Crippen molar-refractivity contribution in [3.05, 3.63) is 39.7 Å². The molecule has 0 saturated heterocycles. The third-order valence-electron chi connectivity index (χ3n) is 3.37. The van der Waals surface area contributed by atoms with Crippen molar-refractivity contribution in [3.63, 3.8) is 0 Å². The molecule has 1 rings (SSSR count). The Hall–Kier alpha value is -1.49. The second-order valence-electron chi connectivity index (χ2n) is 5.16.